The van der Waals surface area contributed by atoms with E-state index in [0.717, 1.165) is 19.3 Å². The van der Waals surface area contributed by atoms with Gasteiger partial charge in [-0.2, -0.15) is 0 Å². The van der Waals surface area contributed by atoms with E-state index in [1.165, 1.54) is 31.4 Å². The first-order valence-electron chi connectivity index (χ1n) is 5.60. The van der Waals surface area contributed by atoms with Crippen LogP contribution in [0.25, 0.3) is 0 Å². The molecule has 0 rings (SSSR count). The first-order valence-corrected chi connectivity index (χ1v) is 6.46. The van der Waals surface area contributed by atoms with Crippen molar-refractivity contribution in [3.05, 3.63) is 6.92 Å². The molecule has 15 heavy (non-hydrogen) atoms. The molecule has 87 valence electrons. The Kier molecular flexibility index (Phi) is 9.96. The quantitative estimate of drug-likeness (QED) is 0.291. The normalized spacial score (nSPS) is 11.5. The Morgan fingerprint density at radius 3 is 2.60 bits per heavy atom. The van der Waals surface area contributed by atoms with Crippen LogP contribution in [0.4, 0.5) is 0 Å². The van der Waals surface area contributed by atoms with Crippen molar-refractivity contribution in [1.29, 1.82) is 0 Å². The van der Waals surface area contributed by atoms with Crippen molar-refractivity contribution in [2.24, 2.45) is 10.8 Å². The maximum absolute atomic E-state index is 5.44. The summed E-state index contributed by atoms with van der Waals surface area (Å²) in [5.74, 6) is 0. The predicted molar refractivity (Wildman–Crippen MR) is 68.9 cm³/mol. The molecule has 3 nitrogen and oxygen atoms in total. The average Bonchev–Trinajstić information content (AvgIpc) is 2.20. The molecule has 3 N–H and O–H groups in total. The summed E-state index contributed by atoms with van der Waals surface area (Å²) in [5.41, 5.74) is 9.38. The third-order valence-corrected chi connectivity index (χ3v) is 2.30. The third-order valence-electron chi connectivity index (χ3n) is 2.11. The van der Waals surface area contributed by atoms with E-state index in [1.54, 1.807) is 0 Å². The van der Waals surface area contributed by atoms with E-state index in [4.69, 9.17) is 5.73 Å². The van der Waals surface area contributed by atoms with Gasteiger partial charge in [0.1, 0.15) is 0 Å². The minimum absolute atomic E-state index is 0.519. The molecule has 0 heterocycles. The molecular formula is C11H22N3Se. The number of nitrogens with zero attached hydrogens (tertiary/aromatic N) is 1. The summed E-state index contributed by atoms with van der Waals surface area (Å²) >= 11 is 2.67. The fourth-order valence-electron chi connectivity index (χ4n) is 1.33. The molecule has 4 heteroatoms. The van der Waals surface area contributed by atoms with Gasteiger partial charge in [-0.1, -0.05) is 0 Å². The minimum atomic E-state index is 0.519. The molecule has 0 aromatic heterocycles. The van der Waals surface area contributed by atoms with Gasteiger partial charge in [0.15, 0.2) is 0 Å². The second kappa shape index (κ2) is 10.2. The zero-order chi connectivity index (χ0) is 11.5. The van der Waals surface area contributed by atoms with Crippen molar-refractivity contribution in [2.75, 3.05) is 0 Å². The molecule has 0 saturated heterocycles. The topological polar surface area (TPSA) is 50.4 Å². The second-order valence-corrected chi connectivity index (χ2v) is 4.49. The monoisotopic (exact) mass is 276 g/mol. The summed E-state index contributed by atoms with van der Waals surface area (Å²) in [6.45, 7) is 6.06. The van der Waals surface area contributed by atoms with Crippen LogP contribution in [-0.4, -0.2) is 26.0 Å². The molecule has 1 radical (unpaired) electrons. The number of unbranched alkanes of at least 4 members (excludes halogenated alkanes) is 3. The summed E-state index contributed by atoms with van der Waals surface area (Å²) in [7, 11) is 0. The molecule has 0 bridgehead atoms. The van der Waals surface area contributed by atoms with Crippen molar-refractivity contribution in [3.63, 3.8) is 0 Å². The second-order valence-electron chi connectivity index (χ2n) is 3.57. The van der Waals surface area contributed by atoms with E-state index in [2.05, 4.69) is 40.0 Å². The summed E-state index contributed by atoms with van der Waals surface area (Å²) < 4.78 is 0.519. The SMILES string of the molecule is [CH2]CCC(CCCCCC)=NNC(N)=[Se]. The fraction of sp³-hybridized carbons (Fsp3) is 0.727. The Labute approximate surface area is 101 Å². The van der Waals surface area contributed by atoms with Crippen LogP contribution in [0, 0.1) is 6.92 Å². The Morgan fingerprint density at radius 1 is 1.33 bits per heavy atom. The van der Waals surface area contributed by atoms with Crippen LogP contribution >= 0.6 is 0 Å². The van der Waals surface area contributed by atoms with E-state index in [9.17, 15) is 0 Å². The van der Waals surface area contributed by atoms with Gasteiger partial charge in [-0.15, -0.1) is 0 Å². The zero-order valence-electron chi connectivity index (χ0n) is 9.59. The van der Waals surface area contributed by atoms with Crippen LogP contribution in [0.15, 0.2) is 5.10 Å². The Hall–Kier alpha value is -0.341. The van der Waals surface area contributed by atoms with Gasteiger partial charge in [0.2, 0.25) is 0 Å². The van der Waals surface area contributed by atoms with Gasteiger partial charge < -0.3 is 0 Å². The standard InChI is InChI=1S/C11H22N3Se/c1-3-5-6-7-9-10(8-4-2)13-14-11(12)15/h2-9H2,1H3,(H3,12,14,15). The van der Waals surface area contributed by atoms with Gasteiger partial charge in [-0.05, 0) is 0 Å². The van der Waals surface area contributed by atoms with Crippen LogP contribution in [-0.2, 0) is 0 Å². The molecule has 0 aliphatic carbocycles. The molecule has 0 spiro atoms. The summed E-state index contributed by atoms with van der Waals surface area (Å²) in [4.78, 5) is 0. The van der Waals surface area contributed by atoms with Gasteiger partial charge in [0.25, 0.3) is 0 Å². The Balaban J connectivity index is 3.81. The van der Waals surface area contributed by atoms with E-state index in [1.807, 2.05) is 0 Å². The van der Waals surface area contributed by atoms with Gasteiger partial charge >= 0.3 is 101 Å². The van der Waals surface area contributed by atoms with Gasteiger partial charge in [-0.3, -0.25) is 0 Å². The van der Waals surface area contributed by atoms with Crippen LogP contribution in [0.5, 0.6) is 0 Å². The van der Waals surface area contributed by atoms with Crippen LogP contribution in [0.2, 0.25) is 0 Å². The average molecular weight is 275 g/mol. The van der Waals surface area contributed by atoms with Crippen LogP contribution in [0.3, 0.4) is 0 Å². The van der Waals surface area contributed by atoms with Crippen molar-refractivity contribution in [3.8, 4) is 0 Å². The molecule has 0 fully saturated rings. The van der Waals surface area contributed by atoms with Gasteiger partial charge in [0, 0.05) is 0 Å². The first kappa shape index (κ1) is 14.7. The van der Waals surface area contributed by atoms with E-state index in [0.29, 0.717) is 4.67 Å². The van der Waals surface area contributed by atoms with Crippen molar-refractivity contribution >= 4 is 26.0 Å². The number of nitrogens with one attached hydrogen (secondary N) is 1. The van der Waals surface area contributed by atoms with Crippen molar-refractivity contribution in [1.82, 2.24) is 5.43 Å². The molecule has 0 atom stereocenters. The maximum atomic E-state index is 5.44. The number of rotatable bonds is 9. The predicted octanol–water partition coefficient (Wildman–Crippen LogP) is 1.73. The third kappa shape index (κ3) is 9.95. The van der Waals surface area contributed by atoms with E-state index < -0.39 is 0 Å². The summed E-state index contributed by atoms with van der Waals surface area (Å²) in [5, 5.41) is 4.24. The summed E-state index contributed by atoms with van der Waals surface area (Å²) in [6.07, 6.45) is 7.96. The zero-order valence-corrected chi connectivity index (χ0v) is 11.3. The molecule has 0 aromatic rings. The molecule has 0 saturated carbocycles. The fourth-order valence-corrected chi connectivity index (χ4v) is 1.43. The number of hydrazone groups is 1. The Bertz CT molecular complexity index is 202. The Morgan fingerprint density at radius 2 is 2.07 bits per heavy atom. The van der Waals surface area contributed by atoms with Crippen LogP contribution in [0.1, 0.15) is 51.9 Å². The van der Waals surface area contributed by atoms with Crippen molar-refractivity contribution < 1.29 is 0 Å². The first-order chi connectivity index (χ1) is 7.20. The molecule has 0 aliphatic rings. The van der Waals surface area contributed by atoms with E-state index in [-0.39, 0.29) is 0 Å². The molecule has 0 aliphatic heterocycles. The molecule has 0 aromatic carbocycles. The number of hydrogen-bond donors (Lipinski definition) is 2. The summed E-state index contributed by atoms with van der Waals surface area (Å²) in [6, 6.07) is 0. The van der Waals surface area contributed by atoms with E-state index >= 15 is 0 Å². The molecule has 0 unspecified atom stereocenters. The van der Waals surface area contributed by atoms with Gasteiger partial charge in [0.05, 0.1) is 0 Å². The van der Waals surface area contributed by atoms with Gasteiger partial charge in [-0.25, -0.2) is 0 Å². The number of hydrogen-bond acceptors (Lipinski definition) is 3. The molecular weight excluding hydrogens is 253 g/mol. The van der Waals surface area contributed by atoms with Crippen LogP contribution < -0.4 is 11.2 Å². The van der Waals surface area contributed by atoms with Crippen molar-refractivity contribution in [2.45, 2.75) is 51.9 Å². The molecule has 0 amide bonds. The number of nitrogens with two attached hydrogens (primary N) is 1.